The van der Waals surface area contributed by atoms with Crippen LogP contribution in [0.4, 0.5) is 0 Å². The Bertz CT molecular complexity index is 4790. The fraction of sp³-hybridized carbons (Fsp3) is 0. The van der Waals surface area contributed by atoms with Crippen LogP contribution in [0.3, 0.4) is 0 Å². The number of rotatable bonds is 7. The highest BCUT2D eigenvalue weighted by molar-refractivity contribution is 7.19. The van der Waals surface area contributed by atoms with Crippen LogP contribution < -0.4 is 20.7 Å². The monoisotopic (exact) mass is 981 g/mol. The molecule has 0 saturated carbocycles. The molecule has 16 rings (SSSR count). The summed E-state index contributed by atoms with van der Waals surface area (Å²) in [7, 11) is -2.75. The van der Waals surface area contributed by atoms with E-state index in [4.69, 9.17) is 0 Å². The molecule has 3 heterocycles. The molecule has 16 aromatic rings. The lowest BCUT2D eigenvalue weighted by molar-refractivity contribution is 1.16. The molecule has 0 unspecified atom stereocenters. The maximum atomic E-state index is 2.52. The van der Waals surface area contributed by atoms with Crippen molar-refractivity contribution in [3.63, 3.8) is 0 Å². The summed E-state index contributed by atoms with van der Waals surface area (Å²) in [5, 5.41) is 20.5. The predicted octanol–water partition coefficient (Wildman–Crippen LogP) is 15.8. The van der Waals surface area contributed by atoms with Gasteiger partial charge in [-0.2, -0.15) is 0 Å². The van der Waals surface area contributed by atoms with Crippen LogP contribution in [0.25, 0.3) is 115 Å². The smallest absolute Gasteiger partial charge is 0.179 e. The lowest BCUT2D eigenvalue weighted by atomic mass is 9.92. The van der Waals surface area contributed by atoms with Crippen molar-refractivity contribution in [3.8, 4) is 17.1 Å². The standard InChI is InChI=1S/C72H47N3Si/c1-4-20-51(21-5-1)76(52-22-6-2-7-23-52,53-24-8-3-9-25-53)54-40-36-48(37-41-54)73-69-44-39-50(47-64(69)72-70(73)45-42-62-57-28-11-10-26-55(57)56-27-12-13-32-61(56)71(62)72)75-67-35-19-16-31-60(67)63-46-49(38-43-68(63)75)74-65-33-17-14-29-58(65)59-30-15-18-34-66(59)74/h1-47H. The fourth-order valence-corrected chi connectivity index (χ4v) is 18.2. The molecule has 0 aliphatic heterocycles. The van der Waals surface area contributed by atoms with Crippen LogP contribution >= 0.6 is 0 Å². The van der Waals surface area contributed by atoms with Gasteiger partial charge in [0, 0.05) is 54.8 Å². The van der Waals surface area contributed by atoms with Crippen molar-refractivity contribution < 1.29 is 0 Å². The maximum Gasteiger partial charge on any atom is 0.179 e. The summed E-state index contributed by atoms with van der Waals surface area (Å²) in [5.41, 5.74) is 10.5. The fourth-order valence-electron chi connectivity index (χ4n) is 13.4. The molecule has 4 heteroatoms. The molecule has 0 radical (unpaired) electrons. The highest BCUT2D eigenvalue weighted by Crippen LogP contribution is 2.45. The molecule has 3 aromatic heterocycles. The van der Waals surface area contributed by atoms with E-state index in [-0.39, 0.29) is 0 Å². The molecule has 0 fully saturated rings. The average molecular weight is 982 g/mol. The van der Waals surface area contributed by atoms with Crippen LogP contribution in [-0.4, -0.2) is 21.8 Å². The van der Waals surface area contributed by atoms with E-state index in [1.165, 1.54) is 118 Å². The second-order valence-electron chi connectivity index (χ2n) is 20.3. The highest BCUT2D eigenvalue weighted by Gasteiger charge is 2.41. The number of para-hydroxylation sites is 3. The van der Waals surface area contributed by atoms with Gasteiger partial charge in [0.05, 0.1) is 33.1 Å². The summed E-state index contributed by atoms with van der Waals surface area (Å²) in [4.78, 5) is 0. The summed E-state index contributed by atoms with van der Waals surface area (Å²) < 4.78 is 7.43. The first-order valence-electron chi connectivity index (χ1n) is 26.3. The normalized spacial score (nSPS) is 12.2. The zero-order chi connectivity index (χ0) is 49.9. The van der Waals surface area contributed by atoms with Crippen molar-refractivity contribution in [3.05, 3.63) is 285 Å². The topological polar surface area (TPSA) is 14.8 Å². The Morgan fingerprint density at radius 2 is 0.500 bits per heavy atom. The van der Waals surface area contributed by atoms with Gasteiger partial charge in [-0.3, -0.25) is 0 Å². The lowest BCUT2D eigenvalue weighted by Crippen LogP contribution is -2.74. The molecule has 354 valence electrons. The first kappa shape index (κ1) is 42.7. The van der Waals surface area contributed by atoms with Gasteiger partial charge in [-0.1, -0.05) is 212 Å². The Hall–Kier alpha value is -9.74. The third kappa shape index (κ3) is 6.04. The summed E-state index contributed by atoms with van der Waals surface area (Å²) in [6.45, 7) is 0. The van der Waals surface area contributed by atoms with E-state index in [2.05, 4.69) is 299 Å². The Labute approximate surface area is 440 Å². The van der Waals surface area contributed by atoms with Gasteiger partial charge in [0.25, 0.3) is 0 Å². The number of nitrogens with zero attached hydrogens (tertiary/aromatic N) is 3. The van der Waals surface area contributed by atoms with Gasteiger partial charge in [0.15, 0.2) is 8.07 Å². The van der Waals surface area contributed by atoms with Gasteiger partial charge in [-0.25, -0.2) is 0 Å². The molecule has 76 heavy (non-hydrogen) atoms. The van der Waals surface area contributed by atoms with Gasteiger partial charge in [0.1, 0.15) is 0 Å². The van der Waals surface area contributed by atoms with Crippen LogP contribution in [0.2, 0.25) is 0 Å². The molecule has 13 aromatic carbocycles. The molecule has 0 N–H and O–H groups in total. The van der Waals surface area contributed by atoms with Gasteiger partial charge < -0.3 is 13.7 Å². The molecule has 0 bridgehead atoms. The van der Waals surface area contributed by atoms with Gasteiger partial charge in [-0.05, 0) is 120 Å². The summed E-state index contributed by atoms with van der Waals surface area (Å²) >= 11 is 0. The van der Waals surface area contributed by atoms with Crippen LogP contribution in [0.15, 0.2) is 285 Å². The van der Waals surface area contributed by atoms with Gasteiger partial charge >= 0.3 is 0 Å². The molecule has 0 aliphatic rings. The number of fused-ring (bicyclic) bond motifs is 16. The van der Waals surface area contributed by atoms with E-state index >= 15 is 0 Å². The van der Waals surface area contributed by atoms with E-state index in [1.54, 1.807) is 0 Å². The lowest BCUT2D eigenvalue weighted by Gasteiger charge is -2.34. The van der Waals surface area contributed by atoms with Crippen LogP contribution in [-0.2, 0) is 0 Å². The van der Waals surface area contributed by atoms with Gasteiger partial charge in [-0.15, -0.1) is 0 Å². The largest absolute Gasteiger partial charge is 0.309 e. The summed E-state index contributed by atoms with van der Waals surface area (Å²) in [5.74, 6) is 0. The second kappa shape index (κ2) is 16.6. The molecule has 0 spiro atoms. The maximum absolute atomic E-state index is 2.75. The molecular weight excluding hydrogens is 935 g/mol. The summed E-state index contributed by atoms with van der Waals surface area (Å²) in [6.07, 6.45) is 0. The SMILES string of the molecule is c1ccc([Si](c2ccccc2)(c2ccccc2)c2ccc(-n3c4ccc(-n5c6ccccc6c6cc(-n7c8ccccc8c8ccccc87)ccc65)cc4c4c5c6ccccc6c6ccccc6c5ccc43)cc2)cc1. The number of aromatic nitrogens is 3. The van der Waals surface area contributed by atoms with E-state index in [0.717, 1.165) is 17.1 Å². The minimum absolute atomic E-state index is 1.13. The molecule has 0 amide bonds. The van der Waals surface area contributed by atoms with Crippen molar-refractivity contribution in [2.45, 2.75) is 0 Å². The predicted molar refractivity (Wildman–Crippen MR) is 326 cm³/mol. The van der Waals surface area contributed by atoms with Crippen molar-refractivity contribution >= 4 is 127 Å². The first-order chi connectivity index (χ1) is 37.7. The number of benzene rings is 13. The van der Waals surface area contributed by atoms with E-state index in [1.807, 2.05) is 0 Å². The van der Waals surface area contributed by atoms with E-state index in [9.17, 15) is 0 Å². The van der Waals surface area contributed by atoms with E-state index in [0.29, 0.717) is 0 Å². The minimum atomic E-state index is -2.75. The van der Waals surface area contributed by atoms with Crippen molar-refractivity contribution in [1.29, 1.82) is 0 Å². The molecule has 0 aliphatic carbocycles. The Kier molecular flexibility index (Phi) is 9.36. The number of hydrogen-bond donors (Lipinski definition) is 0. The Balaban J connectivity index is 0.959. The first-order valence-corrected chi connectivity index (χ1v) is 28.3. The van der Waals surface area contributed by atoms with Crippen molar-refractivity contribution in [1.82, 2.24) is 13.7 Å². The third-order valence-corrected chi connectivity index (χ3v) is 21.3. The molecule has 0 saturated heterocycles. The number of hydrogen-bond acceptors (Lipinski definition) is 0. The quantitative estimate of drug-likeness (QED) is 0.0859. The zero-order valence-corrected chi connectivity index (χ0v) is 42.5. The molecular formula is C72H47N3Si. The van der Waals surface area contributed by atoms with Crippen molar-refractivity contribution in [2.75, 3.05) is 0 Å². The average Bonchev–Trinajstić information content (AvgIpc) is 4.31. The third-order valence-electron chi connectivity index (χ3n) is 16.5. The van der Waals surface area contributed by atoms with Crippen molar-refractivity contribution in [2.24, 2.45) is 0 Å². The van der Waals surface area contributed by atoms with Gasteiger partial charge in [0.2, 0.25) is 0 Å². The van der Waals surface area contributed by atoms with E-state index < -0.39 is 8.07 Å². The van der Waals surface area contributed by atoms with Crippen LogP contribution in [0.1, 0.15) is 0 Å². The highest BCUT2D eigenvalue weighted by atomic mass is 28.3. The molecule has 3 nitrogen and oxygen atoms in total. The second-order valence-corrected chi connectivity index (χ2v) is 24.1. The van der Waals surface area contributed by atoms with Crippen LogP contribution in [0.5, 0.6) is 0 Å². The molecule has 0 atom stereocenters. The van der Waals surface area contributed by atoms with Crippen LogP contribution in [0, 0.1) is 0 Å². The Morgan fingerprint density at radius 1 is 0.184 bits per heavy atom. The zero-order valence-electron chi connectivity index (χ0n) is 41.5. The summed E-state index contributed by atoms with van der Waals surface area (Å²) in [6, 6.07) is 107. The Morgan fingerprint density at radius 3 is 1.00 bits per heavy atom. The minimum Gasteiger partial charge on any atom is -0.309 e.